The fourth-order valence-corrected chi connectivity index (χ4v) is 14.2. The Bertz CT molecular complexity index is 3230. The van der Waals surface area contributed by atoms with Crippen LogP contribution < -0.4 is 5.32 Å². The Morgan fingerprint density at radius 3 is 1.36 bits per heavy atom. The first-order chi connectivity index (χ1) is 47.0. The van der Waals surface area contributed by atoms with Gasteiger partial charge in [0.2, 0.25) is 0 Å². The summed E-state index contributed by atoms with van der Waals surface area (Å²) in [6.07, 6.45) is 18.3. The molecule has 98 heavy (non-hydrogen) atoms. The molecule has 0 spiro atoms. The number of alkyl carbamates (subject to hydrolysis) is 1. The first-order valence-corrected chi connectivity index (χ1v) is 44.8. The number of carbonyl (C=O) groups excluding carboxylic acids is 7. The second kappa shape index (κ2) is 45.0. The summed E-state index contributed by atoms with van der Waals surface area (Å²) < 4.78 is 27.6. The highest BCUT2D eigenvalue weighted by atomic mass is 32.2. The second-order valence-electron chi connectivity index (χ2n) is 27.5. The van der Waals surface area contributed by atoms with Gasteiger partial charge in [-0.2, -0.15) is 0 Å². The Morgan fingerprint density at radius 2 is 0.918 bits per heavy atom. The number of unbranched alkanes of at least 4 members (excludes halogenated alkanes) is 8. The molecular weight excluding hydrogens is 1300 g/mol. The summed E-state index contributed by atoms with van der Waals surface area (Å²) in [5, 5.41) is 13.0. The highest BCUT2D eigenvalue weighted by Gasteiger charge is 2.32. The van der Waals surface area contributed by atoms with Crippen LogP contribution in [0.3, 0.4) is 0 Å². The third kappa shape index (κ3) is 32.0. The van der Waals surface area contributed by atoms with E-state index in [-0.39, 0.29) is 59.9 Å². The molecule has 0 aliphatic heterocycles. The number of nitrogens with one attached hydrogen (secondary N) is 1. The van der Waals surface area contributed by atoms with Gasteiger partial charge in [-0.05, 0) is 93.9 Å². The van der Waals surface area contributed by atoms with E-state index in [1.54, 1.807) is 12.2 Å². The van der Waals surface area contributed by atoms with Crippen molar-refractivity contribution in [3.63, 3.8) is 0 Å². The van der Waals surface area contributed by atoms with Crippen molar-refractivity contribution in [1.29, 1.82) is 0 Å². The van der Waals surface area contributed by atoms with Crippen LogP contribution in [0.2, 0.25) is 51.4 Å². The zero-order valence-electron chi connectivity index (χ0n) is 59.7. The molecule has 2 aliphatic carbocycles. The van der Waals surface area contributed by atoms with Crippen LogP contribution in [-0.4, -0.2) is 118 Å². The monoisotopic (exact) mass is 1410 g/mol. The van der Waals surface area contributed by atoms with E-state index in [1.807, 2.05) is 103 Å². The number of hydrogen-bond acceptors (Lipinski definition) is 15. The minimum absolute atomic E-state index is 0.00790. The molecular formula is C80H109NO13S2Si2. The van der Waals surface area contributed by atoms with Gasteiger partial charge in [-0.3, -0.25) is 24.0 Å². The molecule has 2 N–H and O–H groups in total. The van der Waals surface area contributed by atoms with Crippen LogP contribution in [0.1, 0.15) is 163 Å². The number of hydrogen-bond donors (Lipinski definition) is 2. The molecule has 0 saturated carbocycles. The average Bonchev–Trinajstić information content (AvgIpc) is 1.63. The number of aliphatic hydroxyl groups is 1. The maximum absolute atomic E-state index is 13.8. The van der Waals surface area contributed by atoms with E-state index < -0.39 is 52.4 Å². The number of fused-ring (bicyclic) bond motifs is 6. The molecule has 0 aromatic heterocycles. The van der Waals surface area contributed by atoms with Crippen molar-refractivity contribution in [1.82, 2.24) is 5.32 Å². The third-order valence-corrected chi connectivity index (χ3v) is 22.0. The minimum Gasteiger partial charge on any atom is -0.466 e. The summed E-state index contributed by atoms with van der Waals surface area (Å²) >= 11 is 2.66. The highest BCUT2D eigenvalue weighted by molar-refractivity contribution is 8.13. The summed E-state index contributed by atoms with van der Waals surface area (Å²) in [5.41, 5.74) is 10.2. The van der Waals surface area contributed by atoms with Crippen LogP contribution in [0.5, 0.6) is 0 Å². The number of benzene rings is 5. The number of carbonyl (C=O) groups is 7. The molecule has 0 bridgehead atoms. The lowest BCUT2D eigenvalue weighted by molar-refractivity contribution is -0.154. The Hall–Kier alpha value is -6.84. The molecule has 0 fully saturated rings. The smallest absolute Gasteiger partial charge is 0.407 e. The Kier molecular flexibility index (Phi) is 37.6. The minimum atomic E-state index is -1.42. The van der Waals surface area contributed by atoms with Gasteiger partial charge in [0.1, 0.15) is 25.4 Å². The molecule has 2 aliphatic rings. The number of esters is 4. The van der Waals surface area contributed by atoms with Crippen LogP contribution >= 0.6 is 23.5 Å². The van der Waals surface area contributed by atoms with E-state index in [9.17, 15) is 38.7 Å². The fraction of sp³-hybridized carbons (Fsp3) is 0.487. The van der Waals surface area contributed by atoms with Gasteiger partial charge < -0.3 is 34.1 Å². The van der Waals surface area contributed by atoms with Gasteiger partial charge in [0.05, 0.1) is 32.2 Å². The summed E-state index contributed by atoms with van der Waals surface area (Å²) in [7, 11) is -2.62. The predicted octanol–water partition coefficient (Wildman–Crippen LogP) is 18.4. The van der Waals surface area contributed by atoms with Crippen molar-refractivity contribution in [2.75, 3.05) is 37.9 Å². The molecule has 0 saturated heterocycles. The van der Waals surface area contributed by atoms with Crippen molar-refractivity contribution in [2.24, 2.45) is 0 Å². The van der Waals surface area contributed by atoms with Crippen molar-refractivity contribution in [2.45, 2.75) is 211 Å². The summed E-state index contributed by atoms with van der Waals surface area (Å²) in [4.78, 5) is 86.8. The first kappa shape index (κ1) is 81.8. The number of thioether (sulfide) groups is 2. The normalized spacial score (nSPS) is 13.3. The van der Waals surface area contributed by atoms with E-state index in [2.05, 4.69) is 94.8 Å². The summed E-state index contributed by atoms with van der Waals surface area (Å²) in [6, 6.07) is 42.9. The fourth-order valence-electron chi connectivity index (χ4n) is 11.2. The van der Waals surface area contributed by atoms with Crippen LogP contribution in [0.25, 0.3) is 22.3 Å². The zero-order valence-corrected chi connectivity index (χ0v) is 63.3. The van der Waals surface area contributed by atoms with E-state index in [4.69, 9.17) is 23.7 Å². The number of allylic oxidation sites excluding steroid dienone is 2. The topological polar surface area (TPSA) is 198 Å². The predicted molar refractivity (Wildman–Crippen MR) is 405 cm³/mol. The van der Waals surface area contributed by atoms with Gasteiger partial charge in [-0.1, -0.05) is 274 Å². The summed E-state index contributed by atoms with van der Waals surface area (Å²) in [5.74, 6) is -0.393. The van der Waals surface area contributed by atoms with Crippen molar-refractivity contribution < 1.29 is 62.4 Å². The largest absolute Gasteiger partial charge is 0.466 e. The number of aliphatic hydroxyl groups excluding tert-OH is 1. The molecule has 5 aromatic rings. The van der Waals surface area contributed by atoms with Crippen LogP contribution in [0.15, 0.2) is 152 Å². The second-order valence-corrected chi connectivity index (χ2v) is 41.0. The summed E-state index contributed by atoms with van der Waals surface area (Å²) in [6.45, 7) is 20.4. The first-order valence-electron chi connectivity index (χ1n) is 35.4. The van der Waals surface area contributed by atoms with Crippen molar-refractivity contribution in [3.05, 3.63) is 180 Å². The van der Waals surface area contributed by atoms with Crippen molar-refractivity contribution in [3.8, 4) is 22.3 Å². The lowest BCUT2D eigenvalue weighted by atomic mass is 9.98. The quantitative estimate of drug-likeness (QED) is 0.0124. The SMILES string of the molecule is CC(=O)OCC1c2ccccc2-c2ccccc21.CCCCCCCC(=O)SCC/C=C/[C@@H](O)CC(=O)OCC[Si](C)(C)C.CCCCCCCC(=O)SCC/C=C/[C@H](CC(=O)OCC[Si](C)(C)C)OC(=O)[C@H](Cc1ccccc1)NC(=O)OCC1c2ccccc2-c2ccccc21. The molecule has 0 heterocycles. The molecule has 5 aromatic carbocycles. The highest BCUT2D eigenvalue weighted by Crippen LogP contribution is 2.46. The average molecular weight is 1410 g/mol. The van der Waals surface area contributed by atoms with Crippen LogP contribution in [-0.2, 0) is 58.9 Å². The molecule has 532 valence electrons. The van der Waals surface area contributed by atoms with E-state index >= 15 is 0 Å². The van der Waals surface area contributed by atoms with Crippen LogP contribution in [0, 0.1) is 0 Å². The third-order valence-electron chi connectivity index (χ3n) is 16.6. The number of ether oxygens (including phenoxy) is 5. The Morgan fingerprint density at radius 1 is 0.510 bits per heavy atom. The van der Waals surface area contributed by atoms with E-state index in [0.717, 1.165) is 77.8 Å². The van der Waals surface area contributed by atoms with E-state index in [0.29, 0.717) is 51.3 Å². The Balaban J connectivity index is 0.000000322. The van der Waals surface area contributed by atoms with Crippen molar-refractivity contribution >= 4 is 79.9 Å². The molecule has 1 amide bonds. The van der Waals surface area contributed by atoms with Gasteiger partial charge in [-0.15, -0.1) is 0 Å². The van der Waals surface area contributed by atoms with Crippen LogP contribution in [0.4, 0.5) is 4.79 Å². The molecule has 0 radical (unpaired) electrons. The molecule has 14 nitrogen and oxygen atoms in total. The molecule has 7 rings (SSSR count). The lowest BCUT2D eigenvalue weighted by Crippen LogP contribution is -2.45. The van der Waals surface area contributed by atoms with Gasteiger partial charge in [0, 0.05) is 65.7 Å². The zero-order chi connectivity index (χ0) is 71.1. The van der Waals surface area contributed by atoms with Gasteiger partial charge in [0.15, 0.2) is 10.2 Å². The standard InChI is InChI=1S/C44H57NO7SSi.C20H38O4SSi.C16H14O2/c1-5-6-7-8-12-26-42(47)53-28-18-17-21-34(31-41(46)50-27-29-54(2,3)4)52-43(48)40(30-33-19-10-9-11-20-33)45-44(49)51-32-39-37-24-15-13-22-35(37)36-23-14-16-25-38(36)39;1-5-6-7-8-9-13-20(23)25-15-11-10-12-18(21)17-19(22)24-14-16-26(2,3)4;1-11(17)18-10-16-14-8-4-2-6-12(14)13-7-3-5-9-15(13)16/h9-11,13-17,19-25,34,39-40H,5-8,12,18,26-32H2,1-4H3,(H,45,49);10,12,18,21H,5-9,11,13-17H2,1-4H3;2-9,16H,10H2,1H3/b21-17+;12-10+;/t34-,40+;18-;/m11./s1. The van der Waals surface area contributed by atoms with Gasteiger partial charge >= 0.3 is 30.0 Å². The van der Waals surface area contributed by atoms with Gasteiger partial charge in [-0.25, -0.2) is 9.59 Å². The molecule has 18 heteroatoms. The lowest BCUT2D eigenvalue weighted by Gasteiger charge is -2.22. The maximum Gasteiger partial charge on any atom is 0.407 e. The Labute approximate surface area is 595 Å². The maximum atomic E-state index is 13.8. The molecule has 0 unspecified atom stereocenters. The van der Waals surface area contributed by atoms with E-state index in [1.165, 1.54) is 84.8 Å². The van der Waals surface area contributed by atoms with Gasteiger partial charge in [0.25, 0.3) is 0 Å². The number of amides is 1. The molecule has 3 atom stereocenters. The number of rotatable bonds is 39.